The molecule has 0 atom stereocenters. The molecule has 88 valence electrons. The zero-order chi connectivity index (χ0) is 12.0. The fourth-order valence-corrected chi connectivity index (χ4v) is 1.55. The monoisotopic (exact) mass is 284 g/mol. The van der Waals surface area contributed by atoms with Gasteiger partial charge in [-0.15, -0.1) is 0 Å². The molecule has 0 aliphatic carbocycles. The summed E-state index contributed by atoms with van der Waals surface area (Å²) in [5.41, 5.74) is 0.466. The zero-order valence-corrected chi connectivity index (χ0v) is 11.3. The van der Waals surface area contributed by atoms with Crippen molar-refractivity contribution in [3.8, 4) is 0 Å². The number of aromatic nitrogens is 1. The van der Waals surface area contributed by atoms with E-state index in [-0.39, 0.29) is 5.91 Å². The van der Waals surface area contributed by atoms with Gasteiger partial charge in [-0.25, -0.2) is 4.98 Å². The summed E-state index contributed by atoms with van der Waals surface area (Å²) in [5, 5.41) is 2.86. The highest BCUT2D eigenvalue weighted by atomic mass is 79.9. The quantitative estimate of drug-likeness (QED) is 0.845. The van der Waals surface area contributed by atoms with Gasteiger partial charge in [0.15, 0.2) is 0 Å². The first-order valence-electron chi connectivity index (χ1n) is 5.49. The summed E-state index contributed by atoms with van der Waals surface area (Å²) in [4.78, 5) is 15.6. The summed E-state index contributed by atoms with van der Waals surface area (Å²) in [6.07, 6.45) is 3.77. The molecule has 0 saturated carbocycles. The summed E-state index contributed by atoms with van der Waals surface area (Å²) in [6, 6.07) is 3.53. The predicted octanol–water partition coefficient (Wildman–Crippen LogP) is 3.01. The van der Waals surface area contributed by atoms with Gasteiger partial charge in [-0.2, -0.15) is 0 Å². The smallest absolute Gasteiger partial charge is 0.269 e. The molecule has 16 heavy (non-hydrogen) atoms. The van der Waals surface area contributed by atoms with Gasteiger partial charge in [0, 0.05) is 17.2 Å². The van der Waals surface area contributed by atoms with Crippen LogP contribution in [-0.4, -0.2) is 17.4 Å². The highest BCUT2D eigenvalue weighted by Crippen LogP contribution is 2.07. The van der Waals surface area contributed by atoms with Crippen LogP contribution in [0.3, 0.4) is 0 Å². The normalized spacial score (nSPS) is 10.5. The molecule has 1 aromatic rings. The Balaban J connectivity index is 2.32. The molecule has 1 amide bonds. The van der Waals surface area contributed by atoms with Crippen LogP contribution in [0.15, 0.2) is 22.8 Å². The lowest BCUT2D eigenvalue weighted by Crippen LogP contribution is -2.25. The van der Waals surface area contributed by atoms with E-state index in [0.717, 1.165) is 23.9 Å². The highest BCUT2D eigenvalue weighted by Gasteiger charge is 2.05. The van der Waals surface area contributed by atoms with Crippen molar-refractivity contribution >= 4 is 21.8 Å². The first-order chi connectivity index (χ1) is 7.59. The van der Waals surface area contributed by atoms with Crippen molar-refractivity contribution in [3.05, 3.63) is 28.5 Å². The minimum atomic E-state index is -0.101. The van der Waals surface area contributed by atoms with Crippen LogP contribution in [0.1, 0.15) is 37.2 Å². The van der Waals surface area contributed by atoms with Gasteiger partial charge < -0.3 is 5.32 Å². The number of hydrogen-bond donors (Lipinski definition) is 1. The van der Waals surface area contributed by atoms with Crippen molar-refractivity contribution in [3.63, 3.8) is 0 Å². The fraction of sp³-hybridized carbons (Fsp3) is 0.500. The molecule has 1 N–H and O–H groups in total. The lowest BCUT2D eigenvalue weighted by atomic mass is 10.1. The lowest BCUT2D eigenvalue weighted by molar-refractivity contribution is 0.0947. The summed E-state index contributed by atoms with van der Waals surface area (Å²) in [7, 11) is 0. The maximum absolute atomic E-state index is 11.6. The van der Waals surface area contributed by atoms with Gasteiger partial charge in [0.25, 0.3) is 5.91 Å². The number of nitrogens with one attached hydrogen (secondary N) is 1. The molecular formula is C12H17BrN2O. The van der Waals surface area contributed by atoms with E-state index >= 15 is 0 Å². The molecule has 1 rings (SSSR count). The largest absolute Gasteiger partial charge is 0.351 e. The van der Waals surface area contributed by atoms with Crippen LogP contribution in [0.25, 0.3) is 0 Å². The molecular weight excluding hydrogens is 268 g/mol. The van der Waals surface area contributed by atoms with Crippen molar-refractivity contribution in [1.29, 1.82) is 0 Å². The molecule has 1 heterocycles. The van der Waals surface area contributed by atoms with Gasteiger partial charge in [0.2, 0.25) is 0 Å². The van der Waals surface area contributed by atoms with Gasteiger partial charge in [-0.1, -0.05) is 13.8 Å². The van der Waals surface area contributed by atoms with E-state index in [0.29, 0.717) is 11.6 Å². The fourth-order valence-electron chi connectivity index (χ4n) is 1.31. The average Bonchev–Trinajstić information content (AvgIpc) is 2.25. The Morgan fingerprint density at radius 1 is 1.50 bits per heavy atom. The molecule has 0 saturated heterocycles. The molecule has 0 aliphatic rings. The van der Waals surface area contributed by atoms with E-state index in [1.165, 1.54) is 0 Å². The van der Waals surface area contributed by atoms with E-state index in [4.69, 9.17) is 0 Å². The van der Waals surface area contributed by atoms with Crippen LogP contribution >= 0.6 is 15.9 Å². The van der Waals surface area contributed by atoms with Gasteiger partial charge >= 0.3 is 0 Å². The Labute approximate surface area is 105 Å². The first kappa shape index (κ1) is 13.2. The standard InChI is InChI=1S/C12H17BrN2O/c1-9(2)4-3-7-14-12(16)11-6-5-10(13)8-15-11/h5-6,8-9H,3-4,7H2,1-2H3,(H,14,16). The number of rotatable bonds is 5. The molecule has 3 nitrogen and oxygen atoms in total. The molecule has 0 fully saturated rings. The minimum Gasteiger partial charge on any atom is -0.351 e. The second-order valence-electron chi connectivity index (χ2n) is 4.15. The lowest BCUT2D eigenvalue weighted by Gasteiger charge is -2.06. The molecule has 0 aromatic carbocycles. The van der Waals surface area contributed by atoms with Gasteiger partial charge in [0.1, 0.15) is 5.69 Å². The van der Waals surface area contributed by atoms with Crippen molar-refractivity contribution < 1.29 is 4.79 Å². The summed E-state index contributed by atoms with van der Waals surface area (Å²) >= 11 is 3.28. The first-order valence-corrected chi connectivity index (χ1v) is 6.28. The van der Waals surface area contributed by atoms with Gasteiger partial charge in [0.05, 0.1) is 0 Å². The highest BCUT2D eigenvalue weighted by molar-refractivity contribution is 9.10. The molecule has 1 aromatic heterocycles. The van der Waals surface area contributed by atoms with E-state index in [9.17, 15) is 4.79 Å². The van der Waals surface area contributed by atoms with Gasteiger partial charge in [-0.05, 0) is 46.8 Å². The Morgan fingerprint density at radius 3 is 2.81 bits per heavy atom. The van der Waals surface area contributed by atoms with E-state index in [1.54, 1.807) is 12.3 Å². The van der Waals surface area contributed by atoms with Crippen LogP contribution < -0.4 is 5.32 Å². The molecule has 0 unspecified atom stereocenters. The molecule has 4 heteroatoms. The number of pyridine rings is 1. The maximum Gasteiger partial charge on any atom is 0.269 e. The number of carbonyl (C=O) groups excluding carboxylic acids is 1. The van der Waals surface area contributed by atoms with Crippen LogP contribution in [0.4, 0.5) is 0 Å². The number of amides is 1. The van der Waals surface area contributed by atoms with E-state index in [1.807, 2.05) is 6.07 Å². The van der Waals surface area contributed by atoms with Crippen molar-refractivity contribution in [2.45, 2.75) is 26.7 Å². The van der Waals surface area contributed by atoms with Gasteiger partial charge in [-0.3, -0.25) is 4.79 Å². The summed E-state index contributed by atoms with van der Waals surface area (Å²) in [5.74, 6) is 0.582. The number of carbonyl (C=O) groups is 1. The second-order valence-corrected chi connectivity index (χ2v) is 5.07. The number of nitrogens with zero attached hydrogens (tertiary/aromatic N) is 1. The third-order valence-corrected chi connectivity index (χ3v) is 2.67. The Morgan fingerprint density at radius 2 is 2.25 bits per heavy atom. The van der Waals surface area contributed by atoms with Crippen molar-refractivity contribution in [2.24, 2.45) is 5.92 Å². The SMILES string of the molecule is CC(C)CCCNC(=O)c1ccc(Br)cn1. The Kier molecular flexibility index (Phi) is 5.46. The predicted molar refractivity (Wildman–Crippen MR) is 68.3 cm³/mol. The minimum absolute atomic E-state index is 0.101. The molecule has 0 aliphatic heterocycles. The second kappa shape index (κ2) is 6.63. The Hall–Kier alpha value is -0.900. The number of halogens is 1. The van der Waals surface area contributed by atoms with Crippen molar-refractivity contribution in [1.82, 2.24) is 10.3 Å². The number of hydrogen-bond acceptors (Lipinski definition) is 2. The molecule has 0 bridgehead atoms. The van der Waals surface area contributed by atoms with Crippen LogP contribution in [0.2, 0.25) is 0 Å². The van der Waals surface area contributed by atoms with Crippen LogP contribution in [-0.2, 0) is 0 Å². The van der Waals surface area contributed by atoms with Crippen molar-refractivity contribution in [2.75, 3.05) is 6.54 Å². The third kappa shape index (κ3) is 4.75. The third-order valence-electron chi connectivity index (χ3n) is 2.20. The topological polar surface area (TPSA) is 42.0 Å². The Bertz CT molecular complexity index is 335. The van der Waals surface area contributed by atoms with Crippen LogP contribution in [0.5, 0.6) is 0 Å². The average molecular weight is 285 g/mol. The maximum atomic E-state index is 11.6. The summed E-state index contributed by atoms with van der Waals surface area (Å²) < 4.78 is 0.879. The summed E-state index contributed by atoms with van der Waals surface area (Å²) in [6.45, 7) is 5.07. The molecule has 0 radical (unpaired) electrons. The zero-order valence-electron chi connectivity index (χ0n) is 9.66. The van der Waals surface area contributed by atoms with E-state index in [2.05, 4.69) is 40.1 Å². The van der Waals surface area contributed by atoms with E-state index < -0.39 is 0 Å². The van der Waals surface area contributed by atoms with Crippen LogP contribution in [0, 0.1) is 5.92 Å². The molecule has 0 spiro atoms.